The molecule has 2 rings (SSSR count). The van der Waals surface area contributed by atoms with Crippen LogP contribution in [-0.4, -0.2) is 41.3 Å². The molecule has 0 aliphatic carbocycles. The van der Waals surface area contributed by atoms with E-state index in [1.54, 1.807) is 0 Å². The summed E-state index contributed by atoms with van der Waals surface area (Å²) < 4.78 is 5.88. The molecule has 1 aliphatic heterocycles. The maximum atomic E-state index is 5.88. The third-order valence-corrected chi connectivity index (χ3v) is 4.08. The van der Waals surface area contributed by atoms with E-state index in [-0.39, 0.29) is 0 Å². The summed E-state index contributed by atoms with van der Waals surface area (Å²) in [5.41, 5.74) is 8.78. The van der Waals surface area contributed by atoms with Gasteiger partial charge in [0.1, 0.15) is 6.61 Å². The maximum absolute atomic E-state index is 5.88. The van der Waals surface area contributed by atoms with Crippen LogP contribution in [0, 0.1) is 13.8 Å². The minimum absolute atomic E-state index is 0.442. The van der Waals surface area contributed by atoms with Crippen LogP contribution in [0.4, 0.5) is 0 Å². The van der Waals surface area contributed by atoms with E-state index in [4.69, 9.17) is 10.5 Å². The molecule has 2 N–H and O–H groups in total. The minimum Gasteiger partial charge on any atom is -0.475 e. The van der Waals surface area contributed by atoms with E-state index < -0.39 is 0 Å². The standard InChI is InChI=1S/C14H24N4O/c1-10-11(2)16-17-14(13(10)8-15)19-9-12-6-4-5-7-18(12)3/h12H,4-9,15H2,1-3H3. The van der Waals surface area contributed by atoms with Crippen molar-refractivity contribution in [1.29, 1.82) is 0 Å². The molecule has 1 aromatic heterocycles. The third-order valence-electron chi connectivity index (χ3n) is 4.08. The quantitative estimate of drug-likeness (QED) is 0.891. The average molecular weight is 264 g/mol. The largest absolute Gasteiger partial charge is 0.475 e. The number of hydrogen-bond donors (Lipinski definition) is 1. The molecule has 19 heavy (non-hydrogen) atoms. The molecule has 5 heteroatoms. The van der Waals surface area contributed by atoms with Gasteiger partial charge in [-0.15, -0.1) is 5.10 Å². The first-order valence-electron chi connectivity index (χ1n) is 6.99. The van der Waals surface area contributed by atoms with Crippen molar-refractivity contribution in [3.05, 3.63) is 16.8 Å². The number of likely N-dealkylation sites (tertiary alicyclic amines) is 1. The Labute approximate surface area is 115 Å². The summed E-state index contributed by atoms with van der Waals surface area (Å²) in [7, 11) is 2.16. The van der Waals surface area contributed by atoms with Gasteiger partial charge in [-0.25, -0.2) is 0 Å². The van der Waals surface area contributed by atoms with Gasteiger partial charge < -0.3 is 15.4 Å². The zero-order chi connectivity index (χ0) is 13.8. The third kappa shape index (κ3) is 3.22. The highest BCUT2D eigenvalue weighted by molar-refractivity contribution is 5.35. The van der Waals surface area contributed by atoms with Crippen molar-refractivity contribution in [1.82, 2.24) is 15.1 Å². The molecular formula is C14H24N4O. The Hall–Kier alpha value is -1.20. The summed E-state index contributed by atoms with van der Waals surface area (Å²) in [5, 5.41) is 8.27. The molecule has 1 unspecified atom stereocenters. The van der Waals surface area contributed by atoms with E-state index in [1.165, 1.54) is 19.3 Å². The number of hydrogen-bond acceptors (Lipinski definition) is 5. The number of aryl methyl sites for hydroxylation is 1. The lowest BCUT2D eigenvalue weighted by Gasteiger charge is -2.32. The molecule has 1 saturated heterocycles. The first-order valence-corrected chi connectivity index (χ1v) is 6.99. The molecule has 0 aromatic carbocycles. The van der Waals surface area contributed by atoms with Crippen molar-refractivity contribution >= 4 is 0 Å². The highest BCUT2D eigenvalue weighted by Crippen LogP contribution is 2.21. The number of nitrogens with two attached hydrogens (primary N) is 1. The van der Waals surface area contributed by atoms with Crippen LogP contribution in [0.15, 0.2) is 0 Å². The van der Waals surface area contributed by atoms with E-state index in [2.05, 4.69) is 22.1 Å². The summed E-state index contributed by atoms with van der Waals surface area (Å²) in [5.74, 6) is 0.601. The Morgan fingerprint density at radius 2 is 2.11 bits per heavy atom. The molecule has 0 radical (unpaired) electrons. The van der Waals surface area contributed by atoms with Crippen molar-refractivity contribution in [2.45, 2.75) is 45.7 Å². The molecule has 0 amide bonds. The second-order valence-electron chi connectivity index (χ2n) is 5.34. The van der Waals surface area contributed by atoms with Gasteiger partial charge in [-0.05, 0) is 45.8 Å². The van der Waals surface area contributed by atoms with Gasteiger partial charge in [-0.3, -0.25) is 0 Å². The predicted octanol–water partition coefficient (Wildman–Crippen LogP) is 1.42. The van der Waals surface area contributed by atoms with Crippen LogP contribution in [0.25, 0.3) is 0 Å². The lowest BCUT2D eigenvalue weighted by Crippen LogP contribution is -2.40. The molecule has 1 fully saturated rings. The molecule has 1 aliphatic rings. The van der Waals surface area contributed by atoms with Crippen LogP contribution in [0.1, 0.15) is 36.1 Å². The van der Waals surface area contributed by atoms with Crippen LogP contribution in [0.3, 0.4) is 0 Å². The molecule has 5 nitrogen and oxygen atoms in total. The highest BCUT2D eigenvalue weighted by atomic mass is 16.5. The summed E-state index contributed by atoms with van der Waals surface area (Å²) in [4.78, 5) is 2.36. The minimum atomic E-state index is 0.442. The number of piperidine rings is 1. The van der Waals surface area contributed by atoms with Crippen LogP contribution in [-0.2, 0) is 6.54 Å². The van der Waals surface area contributed by atoms with Crippen LogP contribution < -0.4 is 10.5 Å². The zero-order valence-corrected chi connectivity index (χ0v) is 12.1. The molecule has 0 saturated carbocycles. The van der Waals surface area contributed by atoms with Crippen molar-refractivity contribution in [3.63, 3.8) is 0 Å². The SMILES string of the molecule is Cc1nnc(OCC2CCCCN2C)c(CN)c1C. The summed E-state index contributed by atoms with van der Waals surface area (Å²) >= 11 is 0. The first kappa shape index (κ1) is 14.2. The van der Waals surface area contributed by atoms with Crippen molar-refractivity contribution in [2.75, 3.05) is 20.2 Å². The van der Waals surface area contributed by atoms with Crippen LogP contribution in [0.5, 0.6) is 5.88 Å². The highest BCUT2D eigenvalue weighted by Gasteiger charge is 2.20. The van der Waals surface area contributed by atoms with E-state index in [9.17, 15) is 0 Å². The number of rotatable bonds is 4. The zero-order valence-electron chi connectivity index (χ0n) is 12.1. The molecular weight excluding hydrogens is 240 g/mol. The Kier molecular flexibility index (Phi) is 4.71. The Bertz CT molecular complexity index is 436. The van der Waals surface area contributed by atoms with Gasteiger partial charge >= 0.3 is 0 Å². The Morgan fingerprint density at radius 3 is 2.79 bits per heavy atom. The van der Waals surface area contributed by atoms with Crippen molar-refractivity contribution in [3.8, 4) is 5.88 Å². The summed E-state index contributed by atoms with van der Waals surface area (Å²) in [6, 6.07) is 0.475. The van der Waals surface area contributed by atoms with E-state index in [0.717, 1.165) is 23.4 Å². The van der Waals surface area contributed by atoms with E-state index in [1.807, 2.05) is 13.8 Å². The van der Waals surface area contributed by atoms with Crippen molar-refractivity contribution < 1.29 is 4.74 Å². The van der Waals surface area contributed by atoms with E-state index in [0.29, 0.717) is 25.1 Å². The Balaban J connectivity index is 2.05. The van der Waals surface area contributed by atoms with Crippen molar-refractivity contribution in [2.24, 2.45) is 5.73 Å². The second-order valence-corrected chi connectivity index (χ2v) is 5.34. The van der Waals surface area contributed by atoms with Gasteiger partial charge in [0.25, 0.3) is 0 Å². The lowest BCUT2D eigenvalue weighted by atomic mass is 10.0. The molecule has 1 aromatic rings. The van der Waals surface area contributed by atoms with Gasteiger partial charge in [0, 0.05) is 18.2 Å². The lowest BCUT2D eigenvalue weighted by molar-refractivity contribution is 0.121. The smallest absolute Gasteiger partial charge is 0.238 e. The maximum Gasteiger partial charge on any atom is 0.238 e. The average Bonchev–Trinajstić information content (AvgIpc) is 2.41. The molecule has 0 bridgehead atoms. The molecule has 0 spiro atoms. The first-order chi connectivity index (χ1) is 9.13. The molecule has 2 heterocycles. The van der Waals surface area contributed by atoms with Crippen LogP contribution in [0.2, 0.25) is 0 Å². The fourth-order valence-electron chi connectivity index (χ4n) is 2.52. The van der Waals surface area contributed by atoms with Gasteiger partial charge in [0.15, 0.2) is 0 Å². The fraction of sp³-hybridized carbons (Fsp3) is 0.714. The fourth-order valence-corrected chi connectivity index (χ4v) is 2.52. The van der Waals surface area contributed by atoms with Gasteiger partial charge in [0.2, 0.25) is 5.88 Å². The van der Waals surface area contributed by atoms with Crippen LogP contribution >= 0.6 is 0 Å². The molecule has 1 atom stereocenters. The molecule has 106 valence electrons. The number of aromatic nitrogens is 2. The number of likely N-dealkylation sites (N-methyl/N-ethyl adjacent to an activating group) is 1. The van der Waals surface area contributed by atoms with E-state index >= 15 is 0 Å². The monoisotopic (exact) mass is 264 g/mol. The number of nitrogens with zero attached hydrogens (tertiary/aromatic N) is 3. The van der Waals surface area contributed by atoms with Gasteiger partial charge in [-0.1, -0.05) is 6.42 Å². The summed E-state index contributed by atoms with van der Waals surface area (Å²) in [6.07, 6.45) is 3.75. The summed E-state index contributed by atoms with van der Waals surface area (Å²) in [6.45, 7) is 6.22. The normalized spacial score (nSPS) is 20.5. The topological polar surface area (TPSA) is 64.3 Å². The number of ether oxygens (including phenoxy) is 1. The Morgan fingerprint density at radius 1 is 1.32 bits per heavy atom. The van der Waals surface area contributed by atoms with Gasteiger partial charge in [-0.2, -0.15) is 5.10 Å². The second kappa shape index (κ2) is 6.30. The predicted molar refractivity (Wildman–Crippen MR) is 75.2 cm³/mol. The van der Waals surface area contributed by atoms with Gasteiger partial charge in [0.05, 0.1) is 5.69 Å².